The number of alkyl halides is 3. The van der Waals surface area contributed by atoms with Gasteiger partial charge >= 0.3 is 6.18 Å². The molecule has 1 amide bonds. The molecule has 1 aliphatic heterocycles. The van der Waals surface area contributed by atoms with Gasteiger partial charge in [-0.25, -0.2) is 4.98 Å². The molecule has 0 aliphatic carbocycles. The van der Waals surface area contributed by atoms with E-state index in [-0.39, 0.29) is 22.5 Å². The van der Waals surface area contributed by atoms with Crippen LogP contribution in [0.1, 0.15) is 18.4 Å². The van der Waals surface area contributed by atoms with E-state index in [0.717, 1.165) is 12.1 Å². The van der Waals surface area contributed by atoms with E-state index >= 15 is 0 Å². The molecule has 3 rings (SSSR count). The lowest BCUT2D eigenvalue weighted by molar-refractivity contribution is -0.137. The molecular weight excluding hydrogens is 383 g/mol. The van der Waals surface area contributed by atoms with Crippen LogP contribution in [0, 0.1) is 5.92 Å². The van der Waals surface area contributed by atoms with Gasteiger partial charge in [-0.05, 0) is 43.2 Å². The number of anilines is 3. The number of nitrogens with zero attached hydrogens (tertiary/aromatic N) is 1. The molecule has 0 atom stereocenters. The van der Waals surface area contributed by atoms with E-state index in [2.05, 4.69) is 15.6 Å². The summed E-state index contributed by atoms with van der Waals surface area (Å²) in [4.78, 5) is 16.3. The maximum Gasteiger partial charge on any atom is 0.416 e. The van der Waals surface area contributed by atoms with Crippen molar-refractivity contribution in [1.82, 2.24) is 4.98 Å². The second-order valence-corrected chi connectivity index (χ2v) is 6.53. The number of carbonyl (C=O) groups is 1. The summed E-state index contributed by atoms with van der Waals surface area (Å²) in [7, 11) is 0. The molecule has 27 heavy (non-hydrogen) atoms. The fraction of sp³-hybridized carbons (Fsp3) is 0.333. The van der Waals surface area contributed by atoms with Gasteiger partial charge in [0.25, 0.3) is 0 Å². The Morgan fingerprint density at radius 2 is 1.93 bits per heavy atom. The Hall–Kier alpha value is -2.32. The van der Waals surface area contributed by atoms with Crippen LogP contribution in [0.25, 0.3) is 0 Å². The second-order valence-electron chi connectivity index (χ2n) is 6.13. The Bertz CT molecular complexity index is 806. The first kappa shape index (κ1) is 19.4. The van der Waals surface area contributed by atoms with E-state index in [9.17, 15) is 18.0 Å². The lowest BCUT2D eigenvalue weighted by atomic mass is 9.99. The molecule has 1 aromatic carbocycles. The SMILES string of the molecule is O=C(Nc1ccc(Nc2cc(C(F)(F)F)ccc2Cl)nc1)C1CCOCC1. The maximum atomic E-state index is 12.8. The molecule has 144 valence electrons. The van der Waals surface area contributed by atoms with E-state index in [1.807, 2.05) is 0 Å². The van der Waals surface area contributed by atoms with Crippen molar-refractivity contribution in [3.05, 3.63) is 47.1 Å². The van der Waals surface area contributed by atoms with Gasteiger partial charge in [-0.3, -0.25) is 4.79 Å². The zero-order valence-electron chi connectivity index (χ0n) is 14.1. The topological polar surface area (TPSA) is 63.2 Å². The summed E-state index contributed by atoms with van der Waals surface area (Å²) < 4.78 is 43.7. The molecule has 0 radical (unpaired) electrons. The highest BCUT2D eigenvalue weighted by molar-refractivity contribution is 6.33. The molecule has 1 aromatic heterocycles. The van der Waals surface area contributed by atoms with Gasteiger partial charge in [0.1, 0.15) is 5.82 Å². The third-order valence-electron chi connectivity index (χ3n) is 4.18. The summed E-state index contributed by atoms with van der Waals surface area (Å²) in [5.74, 6) is 0.113. The number of halogens is 4. The van der Waals surface area contributed by atoms with Crippen molar-refractivity contribution in [3.8, 4) is 0 Å². The third kappa shape index (κ3) is 5.11. The Kier molecular flexibility index (Phi) is 5.86. The molecule has 1 aliphatic rings. The molecule has 0 spiro atoms. The quantitative estimate of drug-likeness (QED) is 0.770. The number of ether oxygens (including phenoxy) is 1. The second kappa shape index (κ2) is 8.14. The average Bonchev–Trinajstić information content (AvgIpc) is 2.65. The summed E-state index contributed by atoms with van der Waals surface area (Å²) in [6, 6.07) is 6.18. The van der Waals surface area contributed by atoms with Gasteiger partial charge in [0.2, 0.25) is 5.91 Å². The normalized spacial score (nSPS) is 15.4. The summed E-state index contributed by atoms with van der Waals surface area (Å²) >= 11 is 5.96. The van der Waals surface area contributed by atoms with Crippen LogP contribution in [0.2, 0.25) is 5.02 Å². The molecule has 0 saturated carbocycles. The summed E-state index contributed by atoms with van der Waals surface area (Å²) in [6.07, 6.45) is -1.69. The number of aromatic nitrogens is 1. The Labute approximate surface area is 158 Å². The van der Waals surface area contributed by atoms with Gasteiger partial charge in [-0.2, -0.15) is 13.2 Å². The van der Waals surface area contributed by atoms with E-state index in [0.29, 0.717) is 37.6 Å². The van der Waals surface area contributed by atoms with Crippen LogP contribution < -0.4 is 10.6 Å². The minimum absolute atomic E-state index is 0.0954. The fourth-order valence-electron chi connectivity index (χ4n) is 2.68. The number of carbonyl (C=O) groups excluding carboxylic acids is 1. The average molecular weight is 400 g/mol. The largest absolute Gasteiger partial charge is 0.416 e. The van der Waals surface area contributed by atoms with Crippen LogP contribution in [-0.2, 0) is 15.7 Å². The molecule has 0 unspecified atom stereocenters. The van der Waals surface area contributed by atoms with Crippen molar-refractivity contribution in [3.63, 3.8) is 0 Å². The summed E-state index contributed by atoms with van der Waals surface area (Å²) in [5.41, 5.74) is -0.208. The number of pyridine rings is 1. The minimum atomic E-state index is -4.47. The maximum absolute atomic E-state index is 12.8. The van der Waals surface area contributed by atoms with Crippen LogP contribution in [0.4, 0.5) is 30.4 Å². The monoisotopic (exact) mass is 399 g/mol. The fourth-order valence-corrected chi connectivity index (χ4v) is 2.85. The van der Waals surface area contributed by atoms with E-state index in [4.69, 9.17) is 16.3 Å². The van der Waals surface area contributed by atoms with Crippen molar-refractivity contribution in [1.29, 1.82) is 0 Å². The number of amides is 1. The van der Waals surface area contributed by atoms with Crippen molar-refractivity contribution in [2.75, 3.05) is 23.8 Å². The van der Waals surface area contributed by atoms with Crippen molar-refractivity contribution < 1.29 is 22.7 Å². The highest BCUT2D eigenvalue weighted by Crippen LogP contribution is 2.34. The van der Waals surface area contributed by atoms with Crippen molar-refractivity contribution >= 4 is 34.7 Å². The number of benzene rings is 1. The standard InChI is InChI=1S/C18H17ClF3N3O2/c19-14-3-1-12(18(20,21)22)9-15(14)25-16-4-2-13(10-23-16)24-17(26)11-5-7-27-8-6-11/h1-4,9-11H,5-8H2,(H,23,25)(H,24,26). The van der Waals surface area contributed by atoms with Gasteiger partial charge < -0.3 is 15.4 Å². The van der Waals surface area contributed by atoms with Gasteiger partial charge in [0.05, 0.1) is 28.2 Å². The zero-order chi connectivity index (χ0) is 19.4. The molecule has 2 N–H and O–H groups in total. The van der Waals surface area contributed by atoms with E-state index in [1.54, 1.807) is 12.1 Å². The number of hydrogen-bond acceptors (Lipinski definition) is 4. The van der Waals surface area contributed by atoms with Gasteiger partial charge in [-0.1, -0.05) is 11.6 Å². The van der Waals surface area contributed by atoms with Crippen molar-refractivity contribution in [2.24, 2.45) is 5.92 Å². The van der Waals surface area contributed by atoms with Crippen LogP contribution in [0.3, 0.4) is 0 Å². The molecule has 5 nitrogen and oxygen atoms in total. The molecular formula is C18H17ClF3N3O2. The lowest BCUT2D eigenvalue weighted by Gasteiger charge is -2.21. The van der Waals surface area contributed by atoms with Crippen LogP contribution >= 0.6 is 11.6 Å². The van der Waals surface area contributed by atoms with Gasteiger partial charge in [-0.15, -0.1) is 0 Å². The summed E-state index contributed by atoms with van der Waals surface area (Å²) in [5, 5.41) is 5.68. The van der Waals surface area contributed by atoms with Crippen LogP contribution in [-0.4, -0.2) is 24.1 Å². The first-order chi connectivity index (χ1) is 12.8. The smallest absolute Gasteiger partial charge is 0.381 e. The molecule has 0 bridgehead atoms. The number of rotatable bonds is 4. The highest BCUT2D eigenvalue weighted by atomic mass is 35.5. The van der Waals surface area contributed by atoms with E-state index in [1.165, 1.54) is 12.3 Å². The van der Waals surface area contributed by atoms with Gasteiger partial charge in [0, 0.05) is 19.1 Å². The Morgan fingerprint density at radius 1 is 1.19 bits per heavy atom. The molecule has 1 saturated heterocycles. The molecule has 2 heterocycles. The Balaban J connectivity index is 1.66. The van der Waals surface area contributed by atoms with Crippen LogP contribution in [0.15, 0.2) is 36.5 Å². The minimum Gasteiger partial charge on any atom is -0.381 e. The number of hydrogen-bond donors (Lipinski definition) is 2. The van der Waals surface area contributed by atoms with Gasteiger partial charge in [0.15, 0.2) is 0 Å². The number of nitrogens with one attached hydrogen (secondary N) is 2. The predicted octanol–water partition coefficient (Wildman–Crippen LogP) is 4.86. The van der Waals surface area contributed by atoms with Crippen LogP contribution in [0.5, 0.6) is 0 Å². The molecule has 9 heteroatoms. The highest BCUT2D eigenvalue weighted by Gasteiger charge is 2.31. The molecule has 2 aromatic rings. The van der Waals surface area contributed by atoms with Crippen molar-refractivity contribution in [2.45, 2.75) is 19.0 Å². The first-order valence-electron chi connectivity index (χ1n) is 8.31. The lowest BCUT2D eigenvalue weighted by Crippen LogP contribution is -2.28. The Morgan fingerprint density at radius 3 is 2.56 bits per heavy atom. The third-order valence-corrected chi connectivity index (χ3v) is 4.51. The summed E-state index contributed by atoms with van der Waals surface area (Å²) in [6.45, 7) is 1.13. The first-order valence-corrected chi connectivity index (χ1v) is 8.69. The van der Waals surface area contributed by atoms with E-state index < -0.39 is 11.7 Å². The zero-order valence-corrected chi connectivity index (χ0v) is 14.9. The predicted molar refractivity (Wildman–Crippen MR) is 96.1 cm³/mol. The molecule has 1 fully saturated rings.